The summed E-state index contributed by atoms with van der Waals surface area (Å²) < 4.78 is 5.44. The molecule has 5 nitrogen and oxygen atoms in total. The smallest absolute Gasteiger partial charge is 0.305 e. The molecule has 22 heavy (non-hydrogen) atoms. The van der Waals surface area contributed by atoms with Crippen molar-refractivity contribution < 1.29 is 19.4 Å². The van der Waals surface area contributed by atoms with Crippen LogP contribution < -0.4 is 10.1 Å². The summed E-state index contributed by atoms with van der Waals surface area (Å²) in [6.45, 7) is 2.29. The highest BCUT2D eigenvalue weighted by Gasteiger charge is 2.21. The van der Waals surface area contributed by atoms with Crippen molar-refractivity contribution in [2.75, 3.05) is 6.61 Å². The Balaban J connectivity index is 2.19. The van der Waals surface area contributed by atoms with Gasteiger partial charge in [-0.15, -0.1) is 11.3 Å². The number of carboxylic acids is 1. The summed E-state index contributed by atoms with van der Waals surface area (Å²) in [5.41, 5.74) is 0.399. The number of carbonyl (C=O) groups is 2. The number of ether oxygens (including phenoxy) is 1. The molecule has 0 radical (unpaired) electrons. The number of thiophene rings is 1. The first kappa shape index (κ1) is 16.0. The van der Waals surface area contributed by atoms with Gasteiger partial charge in [0.05, 0.1) is 24.6 Å². The van der Waals surface area contributed by atoms with Crippen molar-refractivity contribution in [3.05, 3.63) is 52.2 Å². The van der Waals surface area contributed by atoms with Crippen molar-refractivity contribution in [2.45, 2.75) is 19.4 Å². The lowest BCUT2D eigenvalue weighted by Crippen LogP contribution is -2.30. The molecule has 0 spiro atoms. The minimum absolute atomic E-state index is 0.164. The van der Waals surface area contributed by atoms with E-state index in [0.717, 1.165) is 4.88 Å². The van der Waals surface area contributed by atoms with Gasteiger partial charge < -0.3 is 15.2 Å². The molecule has 2 N–H and O–H groups in total. The van der Waals surface area contributed by atoms with Gasteiger partial charge in [-0.05, 0) is 30.5 Å². The van der Waals surface area contributed by atoms with Crippen molar-refractivity contribution in [3.8, 4) is 5.75 Å². The highest BCUT2D eigenvalue weighted by molar-refractivity contribution is 7.10. The van der Waals surface area contributed by atoms with Crippen LogP contribution in [0.15, 0.2) is 41.8 Å². The lowest BCUT2D eigenvalue weighted by molar-refractivity contribution is -0.137. The Morgan fingerprint density at radius 3 is 2.68 bits per heavy atom. The van der Waals surface area contributed by atoms with E-state index in [1.807, 2.05) is 24.4 Å². The first-order chi connectivity index (χ1) is 10.6. The number of nitrogens with one attached hydrogen (secondary N) is 1. The lowest BCUT2D eigenvalue weighted by atomic mass is 10.1. The quantitative estimate of drug-likeness (QED) is 0.822. The molecular formula is C16H17NO4S. The number of para-hydroxylation sites is 1. The topological polar surface area (TPSA) is 75.6 Å². The number of benzene rings is 1. The maximum Gasteiger partial charge on any atom is 0.305 e. The van der Waals surface area contributed by atoms with Gasteiger partial charge >= 0.3 is 5.97 Å². The molecule has 0 fully saturated rings. The molecule has 1 heterocycles. The molecule has 0 saturated carbocycles. The second kappa shape index (κ2) is 7.61. The molecule has 116 valence electrons. The summed E-state index contributed by atoms with van der Waals surface area (Å²) in [5.74, 6) is -0.816. The Morgan fingerprint density at radius 2 is 2.05 bits per heavy atom. The lowest BCUT2D eigenvalue weighted by Gasteiger charge is -2.17. The fourth-order valence-electron chi connectivity index (χ4n) is 2.06. The van der Waals surface area contributed by atoms with Gasteiger partial charge in [0.2, 0.25) is 0 Å². The van der Waals surface area contributed by atoms with Gasteiger partial charge in [0.15, 0.2) is 0 Å². The Kier molecular flexibility index (Phi) is 5.55. The summed E-state index contributed by atoms with van der Waals surface area (Å²) in [5, 5.41) is 13.7. The largest absolute Gasteiger partial charge is 0.493 e. The third kappa shape index (κ3) is 4.08. The van der Waals surface area contributed by atoms with E-state index in [0.29, 0.717) is 17.9 Å². The average Bonchev–Trinajstić information content (AvgIpc) is 3.01. The monoisotopic (exact) mass is 319 g/mol. The van der Waals surface area contributed by atoms with Gasteiger partial charge in [0.25, 0.3) is 5.91 Å². The van der Waals surface area contributed by atoms with E-state index >= 15 is 0 Å². The van der Waals surface area contributed by atoms with Crippen LogP contribution >= 0.6 is 11.3 Å². The van der Waals surface area contributed by atoms with Gasteiger partial charge in [-0.3, -0.25) is 9.59 Å². The SMILES string of the molecule is CCOc1ccccc1C(=O)N[C@@H](CC(=O)O)c1cccs1. The molecule has 0 aliphatic heterocycles. The molecular weight excluding hydrogens is 302 g/mol. The van der Waals surface area contributed by atoms with Crippen LogP contribution in [0.3, 0.4) is 0 Å². The molecule has 0 aliphatic carbocycles. The van der Waals surface area contributed by atoms with Crippen molar-refractivity contribution in [3.63, 3.8) is 0 Å². The van der Waals surface area contributed by atoms with Gasteiger partial charge in [-0.25, -0.2) is 0 Å². The predicted molar refractivity (Wildman–Crippen MR) is 84.4 cm³/mol. The molecule has 0 aliphatic rings. The van der Waals surface area contributed by atoms with Crippen molar-refractivity contribution in [1.82, 2.24) is 5.32 Å². The number of carboxylic acid groups (broad SMARTS) is 1. The third-order valence-corrected chi connectivity index (χ3v) is 3.99. The normalized spacial score (nSPS) is 11.7. The molecule has 1 aromatic heterocycles. The van der Waals surface area contributed by atoms with Crippen LogP contribution in [0.5, 0.6) is 5.75 Å². The van der Waals surface area contributed by atoms with Crippen LogP contribution in [0.1, 0.15) is 34.6 Å². The fraction of sp³-hybridized carbons (Fsp3) is 0.250. The standard InChI is InChI=1S/C16H17NO4S/c1-2-21-13-7-4-3-6-11(13)16(20)17-12(10-15(18)19)14-8-5-9-22-14/h3-9,12H,2,10H2,1H3,(H,17,20)(H,18,19)/t12-/m0/s1. The minimum Gasteiger partial charge on any atom is -0.493 e. The second-order valence-corrected chi connectivity index (χ2v) is 5.55. The molecule has 1 amide bonds. The minimum atomic E-state index is -0.961. The molecule has 0 bridgehead atoms. The Hall–Kier alpha value is -2.34. The first-order valence-electron chi connectivity index (χ1n) is 6.89. The van der Waals surface area contributed by atoms with Gasteiger partial charge in [-0.2, -0.15) is 0 Å². The van der Waals surface area contributed by atoms with Crippen LogP contribution in [0.4, 0.5) is 0 Å². The van der Waals surface area contributed by atoms with Crippen LogP contribution in [-0.2, 0) is 4.79 Å². The molecule has 0 unspecified atom stereocenters. The summed E-state index contributed by atoms with van der Waals surface area (Å²) in [6.07, 6.45) is -0.164. The molecule has 1 atom stereocenters. The van der Waals surface area contributed by atoms with Gasteiger partial charge in [-0.1, -0.05) is 18.2 Å². The summed E-state index contributed by atoms with van der Waals surface area (Å²) in [4.78, 5) is 24.3. The van der Waals surface area contributed by atoms with E-state index in [4.69, 9.17) is 9.84 Å². The Morgan fingerprint density at radius 1 is 1.27 bits per heavy atom. The number of carbonyl (C=O) groups excluding carboxylic acids is 1. The maximum absolute atomic E-state index is 12.4. The van der Waals surface area contributed by atoms with E-state index in [1.165, 1.54) is 11.3 Å². The zero-order valence-corrected chi connectivity index (χ0v) is 12.9. The van der Waals surface area contributed by atoms with E-state index in [2.05, 4.69) is 5.32 Å². The fourth-order valence-corrected chi connectivity index (χ4v) is 2.84. The van der Waals surface area contributed by atoms with Crippen LogP contribution in [0.2, 0.25) is 0 Å². The van der Waals surface area contributed by atoms with E-state index < -0.39 is 12.0 Å². The summed E-state index contributed by atoms with van der Waals surface area (Å²) in [7, 11) is 0. The van der Waals surface area contributed by atoms with Gasteiger partial charge in [0.1, 0.15) is 5.75 Å². The second-order valence-electron chi connectivity index (χ2n) is 4.57. The Labute approximate surface area is 132 Å². The number of hydrogen-bond donors (Lipinski definition) is 2. The molecule has 2 rings (SSSR count). The summed E-state index contributed by atoms with van der Waals surface area (Å²) in [6, 6.07) is 9.99. The molecule has 6 heteroatoms. The number of rotatable bonds is 7. The number of hydrogen-bond acceptors (Lipinski definition) is 4. The van der Waals surface area contributed by atoms with Crippen LogP contribution in [-0.4, -0.2) is 23.6 Å². The highest BCUT2D eigenvalue weighted by Crippen LogP contribution is 2.24. The van der Waals surface area contributed by atoms with Crippen molar-refractivity contribution in [2.24, 2.45) is 0 Å². The van der Waals surface area contributed by atoms with Crippen molar-refractivity contribution in [1.29, 1.82) is 0 Å². The molecule has 1 aromatic carbocycles. The average molecular weight is 319 g/mol. The highest BCUT2D eigenvalue weighted by atomic mass is 32.1. The summed E-state index contributed by atoms with van der Waals surface area (Å²) >= 11 is 1.42. The van der Waals surface area contributed by atoms with E-state index in [-0.39, 0.29) is 12.3 Å². The maximum atomic E-state index is 12.4. The van der Waals surface area contributed by atoms with Gasteiger partial charge in [0, 0.05) is 4.88 Å². The Bertz CT molecular complexity index is 639. The first-order valence-corrected chi connectivity index (χ1v) is 7.77. The molecule has 0 saturated heterocycles. The zero-order valence-electron chi connectivity index (χ0n) is 12.1. The number of aliphatic carboxylic acids is 1. The van der Waals surface area contributed by atoms with E-state index in [9.17, 15) is 9.59 Å². The number of amides is 1. The van der Waals surface area contributed by atoms with Crippen LogP contribution in [0, 0.1) is 0 Å². The predicted octanol–water partition coefficient (Wildman–Crippen LogP) is 3.09. The zero-order chi connectivity index (χ0) is 15.9. The van der Waals surface area contributed by atoms with Crippen LogP contribution in [0.25, 0.3) is 0 Å². The molecule has 2 aromatic rings. The van der Waals surface area contributed by atoms with Crippen molar-refractivity contribution >= 4 is 23.2 Å². The van der Waals surface area contributed by atoms with E-state index in [1.54, 1.807) is 24.3 Å². The third-order valence-electron chi connectivity index (χ3n) is 3.00.